The molecule has 2 aliphatic carbocycles. The van der Waals surface area contributed by atoms with Crippen molar-refractivity contribution >= 4 is 0 Å². The third kappa shape index (κ3) is 2.00. The molecule has 0 amide bonds. The van der Waals surface area contributed by atoms with E-state index in [1.54, 1.807) is 6.07 Å². The number of fused-ring (bicyclic) bond motifs is 1. The highest BCUT2D eigenvalue weighted by atomic mass is 16.3. The molecule has 0 aromatic heterocycles. The van der Waals surface area contributed by atoms with Crippen molar-refractivity contribution in [2.24, 2.45) is 0 Å². The largest absolute Gasteiger partial charge is 0.508 e. The topological polar surface area (TPSA) is 32.3 Å². The lowest BCUT2D eigenvalue weighted by molar-refractivity contribution is 0.448. The summed E-state index contributed by atoms with van der Waals surface area (Å²) in [7, 11) is 0. The molecule has 0 aliphatic heterocycles. The van der Waals surface area contributed by atoms with Crippen molar-refractivity contribution in [2.45, 2.75) is 44.2 Å². The van der Waals surface area contributed by atoms with E-state index in [2.05, 4.69) is 11.4 Å². The zero-order valence-electron chi connectivity index (χ0n) is 8.87. The Morgan fingerprint density at radius 3 is 2.73 bits per heavy atom. The first-order chi connectivity index (χ1) is 7.31. The van der Waals surface area contributed by atoms with E-state index in [4.69, 9.17) is 0 Å². The minimum Gasteiger partial charge on any atom is -0.508 e. The molecule has 1 unspecified atom stereocenters. The van der Waals surface area contributed by atoms with Gasteiger partial charge < -0.3 is 10.4 Å². The van der Waals surface area contributed by atoms with E-state index in [1.165, 1.54) is 30.4 Å². The highest BCUT2D eigenvalue weighted by Gasteiger charge is 2.26. The fourth-order valence-electron chi connectivity index (χ4n) is 2.47. The van der Waals surface area contributed by atoms with E-state index in [1.807, 2.05) is 6.07 Å². The van der Waals surface area contributed by atoms with Gasteiger partial charge >= 0.3 is 0 Å². The van der Waals surface area contributed by atoms with Crippen LogP contribution in [0.1, 0.15) is 30.4 Å². The molecule has 3 rings (SSSR count). The fraction of sp³-hybridized carbons (Fsp3) is 0.538. The van der Waals surface area contributed by atoms with E-state index in [0.29, 0.717) is 11.8 Å². The maximum atomic E-state index is 9.39. The molecule has 0 bridgehead atoms. The van der Waals surface area contributed by atoms with Crippen LogP contribution in [0.25, 0.3) is 0 Å². The van der Waals surface area contributed by atoms with Crippen LogP contribution in [-0.4, -0.2) is 17.2 Å². The SMILES string of the molecule is Oc1ccc2c(c1)CCC(NC1CC1)C2. The summed E-state index contributed by atoms with van der Waals surface area (Å²) in [5, 5.41) is 13.1. The summed E-state index contributed by atoms with van der Waals surface area (Å²) in [5.41, 5.74) is 2.75. The number of hydrogen-bond donors (Lipinski definition) is 2. The Morgan fingerprint density at radius 1 is 1.07 bits per heavy atom. The Hall–Kier alpha value is -1.02. The average Bonchev–Trinajstić information content (AvgIpc) is 3.02. The molecule has 0 heterocycles. The molecule has 1 aromatic carbocycles. The third-order valence-electron chi connectivity index (χ3n) is 3.47. The molecular formula is C13H17NO. The van der Waals surface area contributed by atoms with Crippen LogP contribution in [0.4, 0.5) is 0 Å². The standard InChI is InChI=1S/C13H17NO/c15-13-6-2-9-7-12(14-11-4-5-11)3-1-10(9)8-13/h2,6,8,11-12,14-15H,1,3-5,7H2. The van der Waals surface area contributed by atoms with Crippen LogP contribution in [-0.2, 0) is 12.8 Å². The molecule has 0 spiro atoms. The number of phenols is 1. The Kier molecular flexibility index (Phi) is 2.17. The van der Waals surface area contributed by atoms with Crippen molar-refractivity contribution in [3.63, 3.8) is 0 Å². The molecule has 2 aliphatic rings. The number of rotatable bonds is 2. The van der Waals surface area contributed by atoms with Crippen molar-refractivity contribution in [1.29, 1.82) is 0 Å². The number of aryl methyl sites for hydroxylation is 1. The summed E-state index contributed by atoms with van der Waals surface area (Å²) in [5.74, 6) is 0.405. The fourth-order valence-corrected chi connectivity index (χ4v) is 2.47. The summed E-state index contributed by atoms with van der Waals surface area (Å²) in [6.45, 7) is 0. The highest BCUT2D eigenvalue weighted by molar-refractivity contribution is 5.37. The van der Waals surface area contributed by atoms with Gasteiger partial charge in [0.15, 0.2) is 0 Å². The van der Waals surface area contributed by atoms with Crippen molar-refractivity contribution in [2.75, 3.05) is 0 Å². The third-order valence-corrected chi connectivity index (χ3v) is 3.47. The Bertz CT molecular complexity index is 371. The first-order valence-electron chi connectivity index (χ1n) is 5.88. The maximum absolute atomic E-state index is 9.39. The van der Waals surface area contributed by atoms with Gasteiger partial charge in [0.2, 0.25) is 0 Å². The molecule has 15 heavy (non-hydrogen) atoms. The summed E-state index contributed by atoms with van der Waals surface area (Å²) in [6, 6.07) is 7.26. The second-order valence-electron chi connectivity index (χ2n) is 4.83. The lowest BCUT2D eigenvalue weighted by atomic mass is 9.88. The molecular weight excluding hydrogens is 186 g/mol. The zero-order chi connectivity index (χ0) is 10.3. The van der Waals surface area contributed by atoms with Gasteiger partial charge in [0.05, 0.1) is 0 Å². The van der Waals surface area contributed by atoms with Gasteiger partial charge in [-0.25, -0.2) is 0 Å². The second kappa shape index (κ2) is 3.53. The van der Waals surface area contributed by atoms with Crippen LogP contribution in [0, 0.1) is 0 Å². The quantitative estimate of drug-likeness (QED) is 0.770. The van der Waals surface area contributed by atoms with Gasteiger partial charge in [-0.15, -0.1) is 0 Å². The number of nitrogens with one attached hydrogen (secondary N) is 1. The predicted molar refractivity (Wildman–Crippen MR) is 60.1 cm³/mol. The van der Waals surface area contributed by atoms with Gasteiger partial charge in [-0.3, -0.25) is 0 Å². The monoisotopic (exact) mass is 203 g/mol. The van der Waals surface area contributed by atoms with Gasteiger partial charge in [0.1, 0.15) is 5.75 Å². The van der Waals surface area contributed by atoms with Crippen LogP contribution < -0.4 is 5.32 Å². The van der Waals surface area contributed by atoms with E-state index in [0.717, 1.165) is 18.9 Å². The van der Waals surface area contributed by atoms with Crippen molar-refractivity contribution in [3.05, 3.63) is 29.3 Å². The lowest BCUT2D eigenvalue weighted by Crippen LogP contribution is -2.35. The summed E-state index contributed by atoms with van der Waals surface area (Å²) in [4.78, 5) is 0. The van der Waals surface area contributed by atoms with E-state index < -0.39 is 0 Å². The Labute approximate surface area is 90.3 Å². The molecule has 2 nitrogen and oxygen atoms in total. The molecule has 2 heteroatoms. The normalized spacial score (nSPS) is 24.9. The van der Waals surface area contributed by atoms with Crippen LogP contribution in [0.3, 0.4) is 0 Å². The summed E-state index contributed by atoms with van der Waals surface area (Å²) < 4.78 is 0. The van der Waals surface area contributed by atoms with Gasteiger partial charge in [-0.1, -0.05) is 6.07 Å². The van der Waals surface area contributed by atoms with Gasteiger partial charge in [-0.2, -0.15) is 0 Å². The minimum absolute atomic E-state index is 0.405. The highest BCUT2D eigenvalue weighted by Crippen LogP contribution is 2.27. The van der Waals surface area contributed by atoms with Crippen molar-refractivity contribution in [3.8, 4) is 5.75 Å². The minimum atomic E-state index is 0.405. The van der Waals surface area contributed by atoms with Gasteiger partial charge in [0, 0.05) is 12.1 Å². The number of phenolic OH excluding ortho intramolecular Hbond substituents is 1. The van der Waals surface area contributed by atoms with Crippen molar-refractivity contribution in [1.82, 2.24) is 5.32 Å². The van der Waals surface area contributed by atoms with E-state index >= 15 is 0 Å². The Morgan fingerprint density at radius 2 is 1.93 bits per heavy atom. The second-order valence-corrected chi connectivity index (χ2v) is 4.83. The van der Waals surface area contributed by atoms with Crippen LogP contribution in [0.15, 0.2) is 18.2 Å². The molecule has 1 saturated carbocycles. The van der Waals surface area contributed by atoms with Crippen LogP contribution in [0.2, 0.25) is 0 Å². The predicted octanol–water partition coefficient (Wildman–Crippen LogP) is 2.00. The van der Waals surface area contributed by atoms with E-state index in [9.17, 15) is 5.11 Å². The van der Waals surface area contributed by atoms with Crippen molar-refractivity contribution < 1.29 is 5.11 Å². The molecule has 1 atom stereocenters. The maximum Gasteiger partial charge on any atom is 0.115 e. The van der Waals surface area contributed by atoms with Crippen LogP contribution in [0.5, 0.6) is 5.75 Å². The lowest BCUT2D eigenvalue weighted by Gasteiger charge is -2.25. The first kappa shape index (κ1) is 9.22. The molecule has 1 aromatic rings. The molecule has 2 N–H and O–H groups in total. The summed E-state index contributed by atoms with van der Waals surface area (Å²) >= 11 is 0. The number of aromatic hydroxyl groups is 1. The first-order valence-corrected chi connectivity index (χ1v) is 5.88. The van der Waals surface area contributed by atoms with Gasteiger partial charge in [0.25, 0.3) is 0 Å². The van der Waals surface area contributed by atoms with Gasteiger partial charge in [-0.05, 0) is 55.4 Å². The van der Waals surface area contributed by atoms with Crippen LogP contribution >= 0.6 is 0 Å². The van der Waals surface area contributed by atoms with E-state index in [-0.39, 0.29) is 0 Å². The molecule has 1 fully saturated rings. The average molecular weight is 203 g/mol. The summed E-state index contributed by atoms with van der Waals surface area (Å²) in [6.07, 6.45) is 6.17. The number of hydrogen-bond acceptors (Lipinski definition) is 2. The Balaban J connectivity index is 1.74. The number of benzene rings is 1. The molecule has 80 valence electrons. The molecule has 0 radical (unpaired) electrons. The molecule has 0 saturated heterocycles. The zero-order valence-corrected chi connectivity index (χ0v) is 8.87. The smallest absolute Gasteiger partial charge is 0.115 e.